The number of hydrogen-bond acceptors (Lipinski definition) is 5. The molecule has 0 spiro atoms. The van der Waals surface area contributed by atoms with E-state index in [9.17, 15) is 14.0 Å². The summed E-state index contributed by atoms with van der Waals surface area (Å²) >= 11 is 0. The second-order valence-corrected chi connectivity index (χ2v) is 7.29. The Morgan fingerprint density at radius 3 is 2.17 bits per heavy atom. The minimum Gasteiger partial charge on any atom is -0.777 e. The molecule has 0 saturated carbocycles. The largest absolute Gasteiger partial charge is 1.00 e. The third-order valence-corrected chi connectivity index (χ3v) is 6.53. The maximum absolute atomic E-state index is 11.3. The first-order valence-electron chi connectivity index (χ1n) is 4.28. The smallest absolute Gasteiger partial charge is 0.777 e. The third-order valence-electron chi connectivity index (χ3n) is 2.29. The van der Waals surface area contributed by atoms with Gasteiger partial charge in [0.15, 0.2) is 12.5 Å². The van der Waals surface area contributed by atoms with Crippen LogP contribution in [0.3, 0.4) is 0 Å². The van der Waals surface area contributed by atoms with Gasteiger partial charge in [-0.15, -0.1) is 0 Å². The first-order valence-corrected chi connectivity index (χ1v) is 7.47. The summed E-state index contributed by atoms with van der Waals surface area (Å²) in [6.45, 7) is -1.46. The van der Waals surface area contributed by atoms with Crippen LogP contribution in [0.1, 0.15) is 5.56 Å². The number of aliphatic hydroxyl groups excluding tert-OH is 1. The van der Waals surface area contributed by atoms with Gasteiger partial charge < -0.3 is 29.2 Å². The van der Waals surface area contributed by atoms with Gasteiger partial charge in [0.05, 0.1) is 6.61 Å². The molecule has 0 aromatic carbocycles. The van der Waals surface area contributed by atoms with Crippen molar-refractivity contribution < 1.29 is 63.4 Å². The van der Waals surface area contributed by atoms with Crippen molar-refractivity contribution in [2.24, 2.45) is 0 Å². The van der Waals surface area contributed by atoms with E-state index in [4.69, 9.17) is 19.8 Å². The van der Waals surface area contributed by atoms with Crippen LogP contribution in [0, 0.1) is 0 Å². The second kappa shape index (κ2) is 6.24. The van der Waals surface area contributed by atoms with Crippen molar-refractivity contribution in [3.05, 3.63) is 30.1 Å². The second-order valence-electron chi connectivity index (χ2n) is 3.28. The first-order chi connectivity index (χ1) is 7.67. The molecule has 1 aromatic heterocycles. The summed E-state index contributed by atoms with van der Waals surface area (Å²) < 4.78 is 22.5. The Hall–Kier alpha value is 0.410. The summed E-state index contributed by atoms with van der Waals surface area (Å²) in [7, 11) is -10.9. The number of rotatable bonds is 4. The molecule has 2 unspecified atom stereocenters. The number of aromatic nitrogens is 1. The van der Waals surface area contributed by atoms with Crippen LogP contribution in [0.4, 0.5) is 0 Å². The summed E-state index contributed by atoms with van der Waals surface area (Å²) in [5, 5.41) is 9.05. The molecule has 11 heteroatoms. The Balaban J connectivity index is 0.00000289. The van der Waals surface area contributed by atoms with Crippen molar-refractivity contribution in [3.8, 4) is 0 Å². The predicted molar refractivity (Wildman–Crippen MR) is 54.9 cm³/mol. The zero-order valence-electron chi connectivity index (χ0n) is 9.37. The number of aliphatic hydroxyl groups is 1. The van der Waals surface area contributed by atoms with Gasteiger partial charge in [-0.1, -0.05) is 6.07 Å². The molecule has 8 nitrogen and oxygen atoms in total. The van der Waals surface area contributed by atoms with Gasteiger partial charge >= 0.3 is 37.2 Å². The fourth-order valence-corrected chi connectivity index (χ4v) is 3.98. The molecule has 2 atom stereocenters. The molecule has 1 rings (SSSR count). The number of hydrogen-bond donors (Lipinski definition) is 4. The summed E-state index contributed by atoms with van der Waals surface area (Å²) in [6, 6.07) is 2.27. The quantitative estimate of drug-likeness (QED) is 0.324. The Morgan fingerprint density at radius 2 is 1.89 bits per heavy atom. The van der Waals surface area contributed by atoms with Gasteiger partial charge in [0.1, 0.15) is 0 Å². The predicted octanol–water partition coefficient (Wildman–Crippen LogP) is -4.05. The van der Waals surface area contributed by atoms with Gasteiger partial charge in [0, 0.05) is 12.4 Å². The van der Waals surface area contributed by atoms with Crippen molar-refractivity contribution in [2.45, 2.75) is 4.90 Å². The van der Waals surface area contributed by atoms with E-state index in [0.29, 0.717) is 0 Å². The Morgan fingerprint density at radius 1 is 1.33 bits per heavy atom. The third kappa shape index (κ3) is 3.11. The van der Waals surface area contributed by atoms with Crippen LogP contribution in [0.15, 0.2) is 24.5 Å². The maximum Gasteiger partial charge on any atom is 1.00 e. The molecule has 0 aliphatic carbocycles. The van der Waals surface area contributed by atoms with Crippen molar-refractivity contribution in [1.82, 2.24) is 4.98 Å². The van der Waals surface area contributed by atoms with E-state index in [-0.39, 0.29) is 29.6 Å². The number of nitrogens with zero attached hydrogens (tertiary/aromatic N) is 1. The molecule has 0 radical (unpaired) electrons. The zero-order chi connectivity index (χ0) is 13.3. The topological polar surface area (TPSA) is 151 Å². The van der Waals surface area contributed by atoms with Gasteiger partial charge in [-0.3, -0.25) is 9.55 Å². The average molecular weight is 305 g/mol. The normalized spacial score (nSPS) is 18.3. The van der Waals surface area contributed by atoms with E-state index in [1.54, 1.807) is 0 Å². The van der Waals surface area contributed by atoms with Crippen molar-refractivity contribution in [1.29, 1.82) is 0 Å². The van der Waals surface area contributed by atoms with Crippen LogP contribution >= 0.6 is 15.2 Å². The van der Waals surface area contributed by atoms with Crippen LogP contribution in [-0.4, -0.2) is 31.4 Å². The molecular weight excluding hydrogens is 295 g/mol. The van der Waals surface area contributed by atoms with Crippen molar-refractivity contribution >= 4 is 15.2 Å². The van der Waals surface area contributed by atoms with Gasteiger partial charge in [-0.25, -0.2) is 0 Å². The summed E-state index contributed by atoms with van der Waals surface area (Å²) in [5.74, 6) is 0. The van der Waals surface area contributed by atoms with E-state index in [1.165, 1.54) is 12.3 Å². The fourth-order valence-electron chi connectivity index (χ4n) is 1.37. The molecular formula is C7H10NNaO7P2. The summed E-state index contributed by atoms with van der Waals surface area (Å²) in [4.78, 5) is 38.9. The zero-order valence-corrected chi connectivity index (χ0v) is 13.2. The van der Waals surface area contributed by atoms with Crippen LogP contribution < -0.4 is 34.5 Å². The molecule has 0 fully saturated rings. The fraction of sp³-hybridized carbons (Fsp3) is 0.286. The van der Waals surface area contributed by atoms with Crippen LogP contribution in [0.25, 0.3) is 0 Å². The van der Waals surface area contributed by atoms with Gasteiger partial charge in [0.2, 0.25) is 0 Å². The Bertz CT molecular complexity index is 462. The van der Waals surface area contributed by atoms with E-state index < -0.39 is 32.3 Å². The molecule has 0 aliphatic rings. The van der Waals surface area contributed by atoms with Crippen LogP contribution in [-0.2, 0) is 14.0 Å². The number of pyridine rings is 1. The Labute approximate surface area is 125 Å². The Kier molecular flexibility index (Phi) is 6.38. The average Bonchev–Trinajstić information content (AvgIpc) is 2.16. The van der Waals surface area contributed by atoms with E-state index in [2.05, 4.69) is 4.98 Å². The van der Waals surface area contributed by atoms with Crippen LogP contribution in [0.5, 0.6) is 0 Å². The molecule has 1 heterocycles. The van der Waals surface area contributed by atoms with E-state index in [0.717, 1.165) is 12.3 Å². The van der Waals surface area contributed by atoms with Crippen molar-refractivity contribution in [2.75, 3.05) is 6.61 Å². The van der Waals surface area contributed by atoms with E-state index in [1.807, 2.05) is 0 Å². The van der Waals surface area contributed by atoms with Crippen molar-refractivity contribution in [3.63, 3.8) is 0 Å². The summed E-state index contributed by atoms with van der Waals surface area (Å²) in [6.07, 6.45) is 2.11. The van der Waals surface area contributed by atoms with Gasteiger partial charge in [0.25, 0.3) is 0 Å². The summed E-state index contributed by atoms with van der Waals surface area (Å²) in [5.41, 5.74) is -0.475. The van der Waals surface area contributed by atoms with Gasteiger partial charge in [-0.2, -0.15) is 0 Å². The molecule has 96 valence electrons. The molecule has 1 aromatic rings. The van der Waals surface area contributed by atoms with Gasteiger partial charge in [-0.05, 0) is 11.6 Å². The molecule has 0 amide bonds. The molecule has 4 N–H and O–H groups in total. The first kappa shape index (κ1) is 18.4. The van der Waals surface area contributed by atoms with E-state index >= 15 is 0 Å². The molecule has 0 aliphatic heterocycles. The molecule has 0 saturated heterocycles. The minimum absolute atomic E-state index is 0. The molecule has 18 heavy (non-hydrogen) atoms. The maximum atomic E-state index is 11.3. The SMILES string of the molecule is O=P([O-])(O)C(CO)(c1cccnc1)P(=O)(O)O.[Na+]. The minimum atomic E-state index is -5.55. The standard InChI is InChI=1S/C7H11NO7P2.Na/c9-5-7(16(10,11)12,17(13,14)15)6-2-1-3-8-4-6;/h1-4,9H,5H2,(H2,10,11,12)(H2,13,14,15);/q;+1/p-1. The molecule has 0 bridgehead atoms. The van der Waals surface area contributed by atoms with Crippen LogP contribution in [0.2, 0.25) is 0 Å². The monoisotopic (exact) mass is 305 g/mol.